The molecule has 0 aromatic heterocycles. The van der Waals surface area contributed by atoms with Gasteiger partial charge in [0.2, 0.25) is 0 Å². The maximum atomic E-state index is 6.37. The van der Waals surface area contributed by atoms with E-state index in [1.807, 2.05) is 6.07 Å². The lowest BCUT2D eigenvalue weighted by atomic mass is 10.0. The Balaban J connectivity index is 2.05. The number of hydrogen-bond donors (Lipinski definition) is 0. The van der Waals surface area contributed by atoms with E-state index in [-0.39, 0.29) is 0 Å². The second-order valence-electron chi connectivity index (χ2n) is 5.20. The van der Waals surface area contributed by atoms with Gasteiger partial charge in [0.25, 0.3) is 0 Å². The average molecular weight is 301 g/mol. The van der Waals surface area contributed by atoms with Crippen molar-refractivity contribution in [2.45, 2.75) is 31.7 Å². The molecule has 1 heterocycles. The van der Waals surface area contributed by atoms with Crippen LogP contribution in [-0.2, 0) is 5.88 Å². The fraction of sp³-hybridized carbons (Fsp3) is 0.600. The highest BCUT2D eigenvalue weighted by Gasteiger charge is 2.22. The first-order valence-electron chi connectivity index (χ1n) is 6.95. The highest BCUT2D eigenvalue weighted by Crippen LogP contribution is 2.30. The Hall–Kier alpha value is -0.440. The molecule has 1 aromatic carbocycles. The number of anilines is 1. The van der Waals surface area contributed by atoms with Gasteiger partial charge in [0, 0.05) is 32.1 Å². The van der Waals surface area contributed by atoms with Gasteiger partial charge in [-0.1, -0.05) is 24.6 Å². The number of piperidine rings is 1. The maximum absolute atomic E-state index is 6.37. The molecule has 19 heavy (non-hydrogen) atoms. The molecular weight excluding hydrogens is 279 g/mol. The fourth-order valence-corrected chi connectivity index (χ4v) is 3.24. The van der Waals surface area contributed by atoms with Crippen molar-refractivity contribution in [3.63, 3.8) is 0 Å². The SMILES string of the molecule is CCN1CCC(N(C)c2ccc(CCl)cc2Cl)CC1. The van der Waals surface area contributed by atoms with Crippen LogP contribution in [0.2, 0.25) is 5.02 Å². The van der Waals surface area contributed by atoms with Crippen molar-refractivity contribution >= 4 is 28.9 Å². The molecule has 4 heteroatoms. The molecule has 1 aliphatic rings. The number of likely N-dealkylation sites (tertiary alicyclic amines) is 1. The largest absolute Gasteiger partial charge is 0.370 e. The number of halogens is 2. The third-order valence-corrected chi connectivity index (χ3v) is 4.71. The summed E-state index contributed by atoms with van der Waals surface area (Å²) in [6.45, 7) is 5.75. The van der Waals surface area contributed by atoms with E-state index in [1.54, 1.807) is 0 Å². The van der Waals surface area contributed by atoms with Crippen LogP contribution < -0.4 is 4.90 Å². The van der Waals surface area contributed by atoms with E-state index in [9.17, 15) is 0 Å². The molecule has 0 saturated carbocycles. The topological polar surface area (TPSA) is 6.48 Å². The Morgan fingerprint density at radius 1 is 1.32 bits per heavy atom. The zero-order valence-corrected chi connectivity index (χ0v) is 13.2. The van der Waals surface area contributed by atoms with Crippen LogP contribution in [0.3, 0.4) is 0 Å². The van der Waals surface area contributed by atoms with E-state index >= 15 is 0 Å². The van der Waals surface area contributed by atoms with Gasteiger partial charge in [-0.15, -0.1) is 11.6 Å². The lowest BCUT2D eigenvalue weighted by Gasteiger charge is -2.37. The van der Waals surface area contributed by atoms with Gasteiger partial charge in [-0.2, -0.15) is 0 Å². The molecule has 0 atom stereocenters. The summed E-state index contributed by atoms with van der Waals surface area (Å²) < 4.78 is 0. The predicted molar refractivity (Wildman–Crippen MR) is 84.5 cm³/mol. The standard InChI is InChI=1S/C15H22Cl2N2/c1-3-19-8-6-13(7-9-19)18(2)15-5-4-12(11-16)10-14(15)17/h4-5,10,13H,3,6-9,11H2,1-2H3. The van der Waals surface area contributed by atoms with Crippen LogP contribution in [0, 0.1) is 0 Å². The molecule has 0 amide bonds. The van der Waals surface area contributed by atoms with Crippen molar-refractivity contribution in [1.29, 1.82) is 0 Å². The zero-order valence-electron chi connectivity index (χ0n) is 11.7. The summed E-state index contributed by atoms with van der Waals surface area (Å²) in [5, 5.41) is 0.804. The Morgan fingerprint density at radius 2 is 2.00 bits per heavy atom. The van der Waals surface area contributed by atoms with E-state index < -0.39 is 0 Å². The van der Waals surface area contributed by atoms with Crippen molar-refractivity contribution in [2.75, 3.05) is 31.6 Å². The molecule has 0 bridgehead atoms. The minimum atomic E-state index is 0.513. The van der Waals surface area contributed by atoms with Crippen molar-refractivity contribution in [3.8, 4) is 0 Å². The quantitative estimate of drug-likeness (QED) is 0.776. The average Bonchev–Trinajstić information content (AvgIpc) is 2.46. The first-order valence-corrected chi connectivity index (χ1v) is 7.86. The van der Waals surface area contributed by atoms with E-state index in [4.69, 9.17) is 23.2 Å². The Kier molecular flexibility index (Phi) is 5.37. The first kappa shape index (κ1) is 15.0. The summed E-state index contributed by atoms with van der Waals surface area (Å²) in [6, 6.07) is 6.71. The van der Waals surface area contributed by atoms with E-state index in [0.717, 1.165) is 22.8 Å². The summed E-state index contributed by atoms with van der Waals surface area (Å²) in [6.07, 6.45) is 2.41. The molecule has 1 aliphatic heterocycles. The van der Waals surface area contributed by atoms with Crippen LogP contribution in [-0.4, -0.2) is 37.6 Å². The predicted octanol–water partition coefficient (Wildman–Crippen LogP) is 4.00. The van der Waals surface area contributed by atoms with Gasteiger partial charge in [0.05, 0.1) is 10.7 Å². The number of alkyl halides is 1. The highest BCUT2D eigenvalue weighted by molar-refractivity contribution is 6.33. The van der Waals surface area contributed by atoms with Gasteiger partial charge < -0.3 is 9.80 Å². The molecule has 2 rings (SSSR count). The Morgan fingerprint density at radius 3 is 2.53 bits per heavy atom. The van der Waals surface area contributed by atoms with Gasteiger partial charge in [-0.05, 0) is 37.1 Å². The van der Waals surface area contributed by atoms with Crippen LogP contribution in [0.4, 0.5) is 5.69 Å². The number of benzene rings is 1. The van der Waals surface area contributed by atoms with Crippen molar-refractivity contribution in [3.05, 3.63) is 28.8 Å². The molecule has 0 spiro atoms. The molecule has 1 saturated heterocycles. The van der Waals surface area contributed by atoms with E-state index in [2.05, 4.69) is 35.9 Å². The van der Waals surface area contributed by atoms with E-state index in [1.165, 1.54) is 25.9 Å². The second kappa shape index (κ2) is 6.83. The molecule has 1 aromatic rings. The molecule has 2 nitrogen and oxygen atoms in total. The van der Waals surface area contributed by atoms with Gasteiger partial charge >= 0.3 is 0 Å². The monoisotopic (exact) mass is 300 g/mol. The van der Waals surface area contributed by atoms with Gasteiger partial charge in [-0.3, -0.25) is 0 Å². The van der Waals surface area contributed by atoms with Crippen LogP contribution >= 0.6 is 23.2 Å². The lowest BCUT2D eigenvalue weighted by Crippen LogP contribution is -2.43. The maximum Gasteiger partial charge on any atom is 0.0642 e. The summed E-state index contributed by atoms with van der Waals surface area (Å²) in [4.78, 5) is 4.83. The molecule has 0 radical (unpaired) electrons. The summed E-state index contributed by atoms with van der Waals surface area (Å²) >= 11 is 12.2. The molecule has 0 aliphatic carbocycles. The summed E-state index contributed by atoms with van der Waals surface area (Å²) in [7, 11) is 2.15. The zero-order chi connectivity index (χ0) is 13.8. The molecule has 106 valence electrons. The van der Waals surface area contributed by atoms with Crippen LogP contribution in [0.15, 0.2) is 18.2 Å². The number of nitrogens with zero attached hydrogens (tertiary/aromatic N) is 2. The van der Waals surface area contributed by atoms with Gasteiger partial charge in [-0.25, -0.2) is 0 Å². The minimum absolute atomic E-state index is 0.513. The van der Waals surface area contributed by atoms with Crippen LogP contribution in [0.5, 0.6) is 0 Å². The summed E-state index contributed by atoms with van der Waals surface area (Å²) in [5.41, 5.74) is 2.19. The number of hydrogen-bond acceptors (Lipinski definition) is 2. The lowest BCUT2D eigenvalue weighted by molar-refractivity contribution is 0.221. The van der Waals surface area contributed by atoms with Crippen molar-refractivity contribution < 1.29 is 0 Å². The number of rotatable bonds is 4. The van der Waals surface area contributed by atoms with Crippen molar-refractivity contribution in [1.82, 2.24) is 4.90 Å². The van der Waals surface area contributed by atoms with Crippen LogP contribution in [0.1, 0.15) is 25.3 Å². The minimum Gasteiger partial charge on any atom is -0.370 e. The molecule has 0 N–H and O–H groups in total. The van der Waals surface area contributed by atoms with E-state index in [0.29, 0.717) is 11.9 Å². The summed E-state index contributed by atoms with van der Waals surface area (Å²) in [5.74, 6) is 0.513. The fourth-order valence-electron chi connectivity index (χ4n) is 2.74. The van der Waals surface area contributed by atoms with Crippen molar-refractivity contribution in [2.24, 2.45) is 0 Å². The third-order valence-electron chi connectivity index (χ3n) is 4.10. The third kappa shape index (κ3) is 3.56. The van der Waals surface area contributed by atoms with Crippen LogP contribution in [0.25, 0.3) is 0 Å². The first-order chi connectivity index (χ1) is 9.15. The molecular formula is C15H22Cl2N2. The molecule has 0 unspecified atom stereocenters. The second-order valence-corrected chi connectivity index (χ2v) is 5.87. The normalized spacial score (nSPS) is 17.7. The smallest absolute Gasteiger partial charge is 0.0642 e. The Bertz CT molecular complexity index is 415. The highest BCUT2D eigenvalue weighted by atomic mass is 35.5. The molecule has 1 fully saturated rings. The van der Waals surface area contributed by atoms with Gasteiger partial charge in [0.15, 0.2) is 0 Å². The Labute approximate surface area is 126 Å². The van der Waals surface area contributed by atoms with Gasteiger partial charge in [0.1, 0.15) is 0 Å².